The molecule has 0 N–H and O–H groups in total. The van der Waals surface area contributed by atoms with Crippen LogP contribution in [0.25, 0.3) is 53.1 Å². The van der Waals surface area contributed by atoms with Crippen LogP contribution in [0.3, 0.4) is 0 Å². The molecule has 2 heterocycles. The summed E-state index contributed by atoms with van der Waals surface area (Å²) in [4.78, 5) is 0. The number of hydrogen-bond donors (Lipinski definition) is 0. The summed E-state index contributed by atoms with van der Waals surface area (Å²) in [5, 5.41) is 5.38. The van der Waals surface area contributed by atoms with Crippen molar-refractivity contribution in [3.8, 4) is 11.1 Å². The molecule has 2 aromatic heterocycles. The summed E-state index contributed by atoms with van der Waals surface area (Å²) in [6, 6.07) is 30.9. The first-order valence-corrected chi connectivity index (χ1v) is 10.00. The third kappa shape index (κ3) is 2.11. The van der Waals surface area contributed by atoms with Crippen LogP contribution in [0.4, 0.5) is 0 Å². The van der Waals surface area contributed by atoms with Gasteiger partial charge in [-0.05, 0) is 41.5 Å². The summed E-state index contributed by atoms with van der Waals surface area (Å²) < 4.78 is 5.04. The van der Waals surface area contributed by atoms with Crippen molar-refractivity contribution < 1.29 is 0 Å². The van der Waals surface area contributed by atoms with Crippen LogP contribution >= 0.6 is 11.3 Å². The molecule has 0 fully saturated rings. The Hall–Kier alpha value is -3.10. The molecule has 6 rings (SSSR count). The largest absolute Gasteiger partial charge is 0.344 e. The molecule has 0 atom stereocenters. The van der Waals surface area contributed by atoms with E-state index in [0.717, 1.165) is 0 Å². The standard InChI is InChI=1S/C25H17NS/c1-26-22-12-11-17(16-7-3-2-4-8-16)13-19(22)20-14-21-18-9-5-6-10-24(18)27-25(21)15-23(20)26/h2-15H,1H3. The molecule has 0 aliphatic carbocycles. The predicted molar refractivity (Wildman–Crippen MR) is 119 cm³/mol. The molecular weight excluding hydrogens is 346 g/mol. The van der Waals surface area contributed by atoms with Gasteiger partial charge in [-0.1, -0.05) is 54.6 Å². The molecule has 0 unspecified atom stereocenters. The van der Waals surface area contributed by atoms with E-state index in [-0.39, 0.29) is 0 Å². The van der Waals surface area contributed by atoms with Gasteiger partial charge in [0, 0.05) is 43.5 Å². The van der Waals surface area contributed by atoms with Crippen LogP contribution in [0.2, 0.25) is 0 Å². The van der Waals surface area contributed by atoms with Crippen molar-refractivity contribution in [2.45, 2.75) is 0 Å². The molecule has 0 amide bonds. The number of aromatic nitrogens is 1. The normalized spacial score (nSPS) is 11.9. The fourth-order valence-corrected chi connectivity index (χ4v) is 5.36. The van der Waals surface area contributed by atoms with Gasteiger partial charge >= 0.3 is 0 Å². The zero-order valence-electron chi connectivity index (χ0n) is 14.9. The maximum Gasteiger partial charge on any atom is 0.0503 e. The quantitative estimate of drug-likeness (QED) is 0.287. The summed E-state index contributed by atoms with van der Waals surface area (Å²) in [7, 11) is 2.17. The molecule has 2 heteroatoms. The summed E-state index contributed by atoms with van der Waals surface area (Å²) >= 11 is 1.88. The van der Waals surface area contributed by atoms with Crippen molar-refractivity contribution in [2.75, 3.05) is 0 Å². The minimum atomic E-state index is 1.26. The number of rotatable bonds is 1. The minimum absolute atomic E-state index is 1.26. The lowest BCUT2D eigenvalue weighted by Gasteiger charge is -2.02. The fourth-order valence-electron chi connectivity index (χ4n) is 4.24. The van der Waals surface area contributed by atoms with Crippen molar-refractivity contribution in [1.29, 1.82) is 0 Å². The molecular formula is C25H17NS. The molecule has 0 aliphatic rings. The Labute approximate surface area is 161 Å². The fraction of sp³-hybridized carbons (Fsp3) is 0.0400. The number of benzene rings is 4. The molecule has 0 saturated heterocycles. The van der Waals surface area contributed by atoms with E-state index >= 15 is 0 Å². The highest BCUT2D eigenvalue weighted by molar-refractivity contribution is 7.25. The van der Waals surface area contributed by atoms with E-state index in [0.29, 0.717) is 0 Å². The number of nitrogens with zero attached hydrogens (tertiary/aromatic N) is 1. The van der Waals surface area contributed by atoms with Gasteiger partial charge in [0.1, 0.15) is 0 Å². The summed E-state index contributed by atoms with van der Waals surface area (Å²) in [6.07, 6.45) is 0. The predicted octanol–water partition coefficient (Wildman–Crippen LogP) is 7.37. The second-order valence-electron chi connectivity index (χ2n) is 7.12. The molecule has 27 heavy (non-hydrogen) atoms. The first kappa shape index (κ1) is 15.0. The maximum atomic E-state index is 2.39. The molecule has 0 bridgehead atoms. The molecule has 0 saturated carbocycles. The van der Waals surface area contributed by atoms with Gasteiger partial charge in [-0.25, -0.2) is 0 Å². The molecule has 4 aromatic carbocycles. The highest BCUT2D eigenvalue weighted by Crippen LogP contribution is 2.39. The van der Waals surface area contributed by atoms with Gasteiger partial charge in [0.2, 0.25) is 0 Å². The topological polar surface area (TPSA) is 4.93 Å². The zero-order chi connectivity index (χ0) is 18.0. The van der Waals surface area contributed by atoms with E-state index < -0.39 is 0 Å². The third-order valence-corrected chi connectivity index (χ3v) is 6.75. The Morgan fingerprint density at radius 2 is 1.33 bits per heavy atom. The average Bonchev–Trinajstić information content (AvgIpc) is 3.22. The van der Waals surface area contributed by atoms with Crippen molar-refractivity contribution in [2.24, 2.45) is 7.05 Å². The van der Waals surface area contributed by atoms with Crippen LogP contribution in [-0.2, 0) is 7.05 Å². The van der Waals surface area contributed by atoms with Crippen LogP contribution in [-0.4, -0.2) is 4.57 Å². The zero-order valence-corrected chi connectivity index (χ0v) is 15.8. The second-order valence-corrected chi connectivity index (χ2v) is 8.20. The van der Waals surface area contributed by atoms with E-state index in [1.54, 1.807) is 0 Å². The van der Waals surface area contributed by atoms with Crippen molar-refractivity contribution in [3.63, 3.8) is 0 Å². The average molecular weight is 363 g/mol. The number of aryl methyl sites for hydroxylation is 1. The van der Waals surface area contributed by atoms with Gasteiger partial charge in [0.05, 0.1) is 5.52 Å². The Morgan fingerprint density at radius 1 is 0.556 bits per heavy atom. The van der Waals surface area contributed by atoms with E-state index in [9.17, 15) is 0 Å². The Kier molecular flexibility index (Phi) is 3.03. The van der Waals surface area contributed by atoms with Crippen LogP contribution in [0.1, 0.15) is 0 Å². The number of hydrogen-bond acceptors (Lipinski definition) is 1. The summed E-state index contributed by atoms with van der Waals surface area (Å²) in [6.45, 7) is 0. The van der Waals surface area contributed by atoms with Crippen molar-refractivity contribution in [1.82, 2.24) is 4.57 Å². The Bertz CT molecular complexity index is 1470. The smallest absolute Gasteiger partial charge is 0.0503 e. The third-order valence-electron chi connectivity index (χ3n) is 5.61. The summed E-state index contributed by atoms with van der Waals surface area (Å²) in [5.41, 5.74) is 5.12. The Balaban J connectivity index is 1.73. The van der Waals surface area contributed by atoms with Gasteiger partial charge in [0.15, 0.2) is 0 Å². The highest BCUT2D eigenvalue weighted by Gasteiger charge is 2.13. The second kappa shape index (κ2) is 5.45. The van der Waals surface area contributed by atoms with Gasteiger partial charge in [0.25, 0.3) is 0 Å². The first-order chi connectivity index (χ1) is 13.3. The molecule has 128 valence electrons. The molecule has 1 nitrogen and oxygen atoms in total. The number of fused-ring (bicyclic) bond motifs is 6. The lowest BCUT2D eigenvalue weighted by atomic mass is 10.0. The van der Waals surface area contributed by atoms with Gasteiger partial charge in [-0.2, -0.15) is 0 Å². The minimum Gasteiger partial charge on any atom is -0.344 e. The van der Waals surface area contributed by atoms with E-state index in [1.807, 2.05) is 11.3 Å². The maximum absolute atomic E-state index is 2.39. The van der Waals surface area contributed by atoms with Crippen molar-refractivity contribution in [3.05, 3.63) is 84.9 Å². The van der Waals surface area contributed by atoms with Crippen LogP contribution in [0, 0.1) is 0 Å². The number of thiophene rings is 1. The van der Waals surface area contributed by atoms with E-state index in [1.165, 1.54) is 53.1 Å². The van der Waals surface area contributed by atoms with Crippen molar-refractivity contribution >= 4 is 53.3 Å². The van der Waals surface area contributed by atoms with Gasteiger partial charge < -0.3 is 4.57 Å². The highest BCUT2D eigenvalue weighted by atomic mass is 32.1. The van der Waals surface area contributed by atoms with Gasteiger partial charge in [-0.3, -0.25) is 0 Å². The SMILES string of the molecule is Cn1c2ccc(-c3ccccc3)cc2c2cc3c(cc21)sc1ccccc13. The van der Waals surface area contributed by atoms with E-state index in [4.69, 9.17) is 0 Å². The monoisotopic (exact) mass is 363 g/mol. The summed E-state index contributed by atoms with van der Waals surface area (Å²) in [5.74, 6) is 0. The van der Waals surface area contributed by atoms with Crippen LogP contribution in [0.15, 0.2) is 84.9 Å². The first-order valence-electron chi connectivity index (χ1n) is 9.18. The molecule has 0 aliphatic heterocycles. The molecule has 0 spiro atoms. The lowest BCUT2D eigenvalue weighted by Crippen LogP contribution is -1.86. The van der Waals surface area contributed by atoms with E-state index in [2.05, 4.69) is 96.5 Å². The Morgan fingerprint density at radius 3 is 2.22 bits per heavy atom. The van der Waals surface area contributed by atoms with Gasteiger partial charge in [-0.15, -0.1) is 11.3 Å². The van der Waals surface area contributed by atoms with Crippen LogP contribution in [0.5, 0.6) is 0 Å². The molecule has 0 radical (unpaired) electrons. The lowest BCUT2D eigenvalue weighted by molar-refractivity contribution is 1.02. The molecule has 6 aromatic rings. The van der Waals surface area contributed by atoms with Crippen LogP contribution < -0.4 is 0 Å².